The molecule has 1 saturated heterocycles. The Morgan fingerprint density at radius 2 is 2.07 bits per heavy atom. The van der Waals surface area contributed by atoms with Crippen molar-refractivity contribution in [2.75, 3.05) is 41.9 Å². The van der Waals surface area contributed by atoms with Gasteiger partial charge in [-0.25, -0.2) is 13.9 Å². The molecule has 3 aromatic rings. The zero-order valence-electron chi connectivity index (χ0n) is 15.6. The van der Waals surface area contributed by atoms with Gasteiger partial charge in [0, 0.05) is 42.4 Å². The first-order chi connectivity index (χ1) is 13.5. The number of rotatable bonds is 4. The van der Waals surface area contributed by atoms with Gasteiger partial charge in [-0.3, -0.25) is 4.79 Å². The minimum Gasteiger partial charge on any atom is -0.494 e. The number of methoxy groups -OCH3 is 1. The lowest BCUT2D eigenvalue weighted by molar-refractivity contribution is 0.102. The number of thioether (sulfide) groups is 1. The maximum atomic E-state index is 13.9. The highest BCUT2D eigenvalue weighted by Crippen LogP contribution is 2.25. The molecule has 7 nitrogen and oxygen atoms in total. The summed E-state index contributed by atoms with van der Waals surface area (Å²) >= 11 is 1.92. The number of carbonyl (C=O) groups is 1. The molecule has 1 amide bonds. The summed E-state index contributed by atoms with van der Waals surface area (Å²) in [5, 5.41) is 7.07. The number of aryl methyl sites for hydroxylation is 1. The number of nitrogens with one attached hydrogen (secondary N) is 1. The van der Waals surface area contributed by atoms with Crippen LogP contribution in [-0.4, -0.2) is 52.2 Å². The van der Waals surface area contributed by atoms with Crippen molar-refractivity contribution in [3.8, 4) is 5.75 Å². The third-order valence-electron chi connectivity index (χ3n) is 4.51. The van der Waals surface area contributed by atoms with Crippen molar-refractivity contribution in [3.63, 3.8) is 0 Å². The molecule has 0 saturated carbocycles. The number of benzene rings is 1. The molecule has 1 aliphatic heterocycles. The van der Waals surface area contributed by atoms with Crippen molar-refractivity contribution in [2.24, 2.45) is 0 Å². The number of nitrogens with zero attached hydrogens (tertiary/aromatic N) is 4. The van der Waals surface area contributed by atoms with E-state index < -0.39 is 11.7 Å². The summed E-state index contributed by atoms with van der Waals surface area (Å²) in [4.78, 5) is 19.5. The number of ether oxygens (including phenoxy) is 1. The van der Waals surface area contributed by atoms with Crippen LogP contribution in [0.5, 0.6) is 5.75 Å². The average Bonchev–Trinajstić information content (AvgIpc) is 3.12. The first-order valence-electron chi connectivity index (χ1n) is 8.90. The van der Waals surface area contributed by atoms with Crippen molar-refractivity contribution in [2.45, 2.75) is 6.92 Å². The van der Waals surface area contributed by atoms with Gasteiger partial charge in [0.2, 0.25) is 0 Å². The Morgan fingerprint density at radius 3 is 2.79 bits per heavy atom. The molecule has 0 atom stereocenters. The molecule has 1 fully saturated rings. The third kappa shape index (κ3) is 3.62. The SMILES string of the molecule is COc1ccc(NC(=O)c2cc3c(N4CCSCC4)nc(C)cn3n2)cc1F. The number of carbonyl (C=O) groups excluding carboxylic acids is 1. The molecule has 1 aromatic carbocycles. The monoisotopic (exact) mass is 401 g/mol. The average molecular weight is 401 g/mol. The fourth-order valence-corrected chi connectivity index (χ4v) is 4.05. The van der Waals surface area contributed by atoms with Crippen molar-refractivity contribution in [1.82, 2.24) is 14.6 Å². The Bertz CT molecular complexity index is 1030. The Kier molecular flexibility index (Phi) is 5.08. The molecule has 1 aliphatic rings. The molecular weight excluding hydrogens is 381 g/mol. The number of anilines is 2. The van der Waals surface area contributed by atoms with Crippen molar-refractivity contribution in [1.29, 1.82) is 0 Å². The van der Waals surface area contributed by atoms with Crippen molar-refractivity contribution < 1.29 is 13.9 Å². The van der Waals surface area contributed by atoms with Crippen LogP contribution < -0.4 is 15.0 Å². The predicted octanol–water partition coefficient (Wildman–Crippen LogP) is 2.99. The van der Waals surface area contributed by atoms with E-state index in [1.807, 2.05) is 18.7 Å². The molecule has 3 heterocycles. The molecule has 0 aliphatic carbocycles. The highest BCUT2D eigenvalue weighted by Gasteiger charge is 2.20. The lowest BCUT2D eigenvalue weighted by Gasteiger charge is -2.28. The van der Waals surface area contributed by atoms with E-state index >= 15 is 0 Å². The number of aromatic nitrogens is 3. The van der Waals surface area contributed by atoms with Gasteiger partial charge in [0.15, 0.2) is 23.1 Å². The summed E-state index contributed by atoms with van der Waals surface area (Å²) < 4.78 is 20.4. The standard InChI is InChI=1S/C19H20FN5O2S/c1-12-11-25-16(18(21-12)24-5-7-28-8-6-24)10-15(23-25)19(26)22-13-3-4-17(27-2)14(20)9-13/h3-4,9-11H,5-8H2,1-2H3,(H,22,26). The van der Waals surface area contributed by atoms with E-state index in [9.17, 15) is 9.18 Å². The zero-order chi connectivity index (χ0) is 19.7. The minimum atomic E-state index is -0.541. The van der Waals surface area contributed by atoms with Crippen molar-refractivity contribution >= 4 is 34.7 Å². The van der Waals surface area contributed by atoms with Crippen LogP contribution in [0.25, 0.3) is 5.52 Å². The second-order valence-electron chi connectivity index (χ2n) is 6.47. The van der Waals surface area contributed by atoms with Gasteiger partial charge < -0.3 is 15.0 Å². The van der Waals surface area contributed by atoms with Crippen LogP contribution in [0, 0.1) is 12.7 Å². The van der Waals surface area contributed by atoms with E-state index in [0.717, 1.165) is 41.6 Å². The number of fused-ring (bicyclic) bond motifs is 1. The Morgan fingerprint density at radius 1 is 1.29 bits per heavy atom. The molecule has 9 heteroatoms. The Hall–Kier alpha value is -2.81. The summed E-state index contributed by atoms with van der Waals surface area (Å²) in [6, 6.07) is 5.99. The smallest absolute Gasteiger partial charge is 0.276 e. The topological polar surface area (TPSA) is 71.8 Å². The van der Waals surface area contributed by atoms with E-state index in [1.54, 1.807) is 22.8 Å². The third-order valence-corrected chi connectivity index (χ3v) is 5.45. The lowest BCUT2D eigenvalue weighted by atomic mass is 10.2. The number of hydrogen-bond donors (Lipinski definition) is 1. The molecule has 4 rings (SSSR count). The molecule has 0 radical (unpaired) electrons. The van der Waals surface area contributed by atoms with E-state index in [1.165, 1.54) is 19.2 Å². The molecule has 146 valence electrons. The molecule has 0 spiro atoms. The van der Waals surface area contributed by atoms with Gasteiger partial charge in [-0.1, -0.05) is 0 Å². The van der Waals surface area contributed by atoms with Gasteiger partial charge in [0.05, 0.1) is 19.0 Å². The molecule has 0 unspecified atom stereocenters. The first-order valence-corrected chi connectivity index (χ1v) is 10.1. The summed E-state index contributed by atoms with van der Waals surface area (Å²) in [7, 11) is 1.39. The van der Waals surface area contributed by atoms with Gasteiger partial charge in [0.25, 0.3) is 5.91 Å². The van der Waals surface area contributed by atoms with Crippen LogP contribution in [0.15, 0.2) is 30.5 Å². The Balaban J connectivity index is 1.63. The van der Waals surface area contributed by atoms with E-state index in [0.29, 0.717) is 5.69 Å². The largest absolute Gasteiger partial charge is 0.494 e. The van der Waals surface area contributed by atoms with Crippen LogP contribution in [0.3, 0.4) is 0 Å². The van der Waals surface area contributed by atoms with Gasteiger partial charge in [0.1, 0.15) is 5.52 Å². The highest BCUT2D eigenvalue weighted by molar-refractivity contribution is 7.99. The Labute approximate surface area is 165 Å². The quantitative estimate of drug-likeness (QED) is 0.725. The normalized spacial score (nSPS) is 14.3. The molecule has 1 N–H and O–H groups in total. The fourth-order valence-electron chi connectivity index (χ4n) is 3.15. The molecule has 0 bridgehead atoms. The zero-order valence-corrected chi connectivity index (χ0v) is 16.4. The predicted molar refractivity (Wildman–Crippen MR) is 108 cm³/mol. The van der Waals surface area contributed by atoms with Crippen LogP contribution in [0.1, 0.15) is 16.2 Å². The number of amides is 1. The summed E-state index contributed by atoms with van der Waals surface area (Å²) in [6.45, 7) is 3.73. The maximum absolute atomic E-state index is 13.9. The first kappa shape index (κ1) is 18.5. The highest BCUT2D eigenvalue weighted by atomic mass is 32.2. The van der Waals surface area contributed by atoms with E-state index in [4.69, 9.17) is 4.74 Å². The van der Waals surface area contributed by atoms with Crippen LogP contribution >= 0.6 is 11.8 Å². The lowest BCUT2D eigenvalue weighted by Crippen LogP contribution is -2.33. The van der Waals surface area contributed by atoms with Crippen LogP contribution in [0.4, 0.5) is 15.9 Å². The number of hydrogen-bond acceptors (Lipinski definition) is 6. The second-order valence-corrected chi connectivity index (χ2v) is 7.69. The van der Waals surface area contributed by atoms with Gasteiger partial charge in [-0.05, 0) is 19.1 Å². The van der Waals surface area contributed by atoms with Gasteiger partial charge in [-0.15, -0.1) is 0 Å². The van der Waals surface area contributed by atoms with E-state index in [-0.39, 0.29) is 11.4 Å². The summed E-state index contributed by atoms with van der Waals surface area (Å²) in [5.41, 5.74) is 2.19. The van der Waals surface area contributed by atoms with Crippen molar-refractivity contribution in [3.05, 3.63) is 47.7 Å². The maximum Gasteiger partial charge on any atom is 0.276 e. The van der Waals surface area contributed by atoms with Gasteiger partial charge in [-0.2, -0.15) is 16.9 Å². The van der Waals surface area contributed by atoms with Gasteiger partial charge >= 0.3 is 0 Å². The second kappa shape index (κ2) is 7.67. The fraction of sp³-hybridized carbons (Fsp3) is 0.316. The molecule has 2 aromatic heterocycles. The molecule has 28 heavy (non-hydrogen) atoms. The molecular formula is C19H20FN5O2S. The van der Waals surface area contributed by atoms with E-state index in [2.05, 4.69) is 20.3 Å². The minimum absolute atomic E-state index is 0.122. The number of halogens is 1. The summed E-state index contributed by atoms with van der Waals surface area (Å²) in [6.07, 6.45) is 1.79. The summed E-state index contributed by atoms with van der Waals surface area (Å²) in [5.74, 6) is 2.10. The van der Waals surface area contributed by atoms with Crippen LogP contribution in [0.2, 0.25) is 0 Å². The van der Waals surface area contributed by atoms with Crippen LogP contribution in [-0.2, 0) is 0 Å².